The van der Waals surface area contributed by atoms with Gasteiger partial charge in [-0.1, -0.05) is 29.8 Å². The molecule has 0 bridgehead atoms. The molecule has 1 heterocycles. The van der Waals surface area contributed by atoms with Crippen LogP contribution in [0.3, 0.4) is 0 Å². The number of likely N-dealkylation sites (tertiary alicyclic amines) is 1. The van der Waals surface area contributed by atoms with Gasteiger partial charge in [-0.2, -0.15) is 13.2 Å². The van der Waals surface area contributed by atoms with Crippen molar-refractivity contribution in [2.24, 2.45) is 0 Å². The summed E-state index contributed by atoms with van der Waals surface area (Å²) in [4.78, 5) is 24.5. The van der Waals surface area contributed by atoms with Gasteiger partial charge in [0.15, 0.2) is 0 Å². The first-order valence-corrected chi connectivity index (χ1v) is 12.7. The summed E-state index contributed by atoms with van der Waals surface area (Å²) in [6.07, 6.45) is -0.324. The number of carbonyl (C=O) groups excluding carboxylic acids is 1. The summed E-state index contributed by atoms with van der Waals surface area (Å²) < 4.78 is 45.6. The fourth-order valence-electron chi connectivity index (χ4n) is 5.20. The van der Waals surface area contributed by atoms with E-state index in [2.05, 4.69) is 36.5 Å². The van der Waals surface area contributed by atoms with Crippen molar-refractivity contribution in [3.63, 3.8) is 0 Å². The minimum atomic E-state index is -4.81. The van der Waals surface area contributed by atoms with Crippen LogP contribution in [0.5, 0.6) is 0 Å². The molecule has 1 amide bonds. The van der Waals surface area contributed by atoms with E-state index in [1.165, 1.54) is 17.2 Å². The van der Waals surface area contributed by atoms with Gasteiger partial charge in [0, 0.05) is 30.9 Å². The molecule has 0 spiro atoms. The number of nitrogens with one attached hydrogen (secondary N) is 1. The van der Waals surface area contributed by atoms with E-state index in [1.807, 2.05) is 4.90 Å². The van der Waals surface area contributed by atoms with Crippen LogP contribution in [0, 0.1) is 17.0 Å². The Balaban J connectivity index is 1.20. The van der Waals surface area contributed by atoms with Crippen molar-refractivity contribution in [2.45, 2.75) is 69.7 Å². The number of piperidine rings is 1. The molecule has 10 heteroatoms. The second-order valence-electron chi connectivity index (χ2n) is 9.98. The summed E-state index contributed by atoms with van der Waals surface area (Å²) in [5, 5.41) is 14.0. The maximum Gasteiger partial charge on any atom is 0.423 e. The molecule has 1 aliphatic carbocycles. The number of nitro groups is 1. The normalized spacial score (nSPS) is 21.0. The van der Waals surface area contributed by atoms with Crippen molar-refractivity contribution < 1.29 is 27.6 Å². The van der Waals surface area contributed by atoms with Gasteiger partial charge in [0.25, 0.3) is 5.69 Å². The van der Waals surface area contributed by atoms with E-state index in [9.17, 15) is 28.1 Å². The number of hydrogen-bond acceptors (Lipinski definition) is 5. The number of ether oxygens (including phenoxy) is 1. The number of nitro benzene ring substituents is 1. The Morgan fingerprint density at radius 3 is 2.30 bits per heavy atom. The van der Waals surface area contributed by atoms with Crippen molar-refractivity contribution in [3.8, 4) is 0 Å². The van der Waals surface area contributed by atoms with Gasteiger partial charge in [0.2, 0.25) is 5.91 Å². The highest BCUT2D eigenvalue weighted by Crippen LogP contribution is 2.38. The van der Waals surface area contributed by atoms with E-state index in [-0.39, 0.29) is 30.3 Å². The van der Waals surface area contributed by atoms with Gasteiger partial charge in [-0.05, 0) is 69.1 Å². The van der Waals surface area contributed by atoms with Crippen molar-refractivity contribution in [1.29, 1.82) is 0 Å². The molecule has 200 valence electrons. The van der Waals surface area contributed by atoms with E-state index in [4.69, 9.17) is 4.74 Å². The number of nitrogens with zero attached hydrogens (tertiary/aromatic N) is 2. The Bertz CT molecular complexity index is 1090. The molecule has 1 aliphatic heterocycles. The average molecular weight is 520 g/mol. The maximum absolute atomic E-state index is 13.2. The first-order chi connectivity index (χ1) is 17.6. The minimum Gasteiger partial charge on any atom is -0.382 e. The molecule has 37 heavy (non-hydrogen) atoms. The monoisotopic (exact) mass is 519 g/mol. The highest BCUT2D eigenvalue weighted by Gasteiger charge is 2.38. The average Bonchev–Trinajstić information content (AvgIpc) is 2.88. The van der Waals surface area contributed by atoms with Gasteiger partial charge < -0.3 is 15.0 Å². The molecule has 0 radical (unpaired) electrons. The van der Waals surface area contributed by atoms with Crippen molar-refractivity contribution in [1.82, 2.24) is 4.90 Å². The first-order valence-electron chi connectivity index (χ1n) is 12.7. The molecule has 0 unspecified atom stereocenters. The minimum absolute atomic E-state index is 0.00633. The van der Waals surface area contributed by atoms with Gasteiger partial charge in [-0.15, -0.1) is 0 Å². The maximum atomic E-state index is 13.2. The van der Waals surface area contributed by atoms with Crippen LogP contribution >= 0.6 is 0 Å². The SMILES string of the molecule is Cc1ccc(C2CCN(C(=O)CO[C@H]3CC[C@H](Nc4ccc([N+](=O)[O-])c(C(F)(F)F)c4)CC3)CC2)cc1. The van der Waals surface area contributed by atoms with Crippen molar-refractivity contribution in [2.75, 3.05) is 25.0 Å². The largest absolute Gasteiger partial charge is 0.423 e. The number of alkyl halides is 3. The van der Waals surface area contributed by atoms with E-state index in [0.717, 1.165) is 25.0 Å². The summed E-state index contributed by atoms with van der Waals surface area (Å²) in [6.45, 7) is 3.54. The van der Waals surface area contributed by atoms with Crippen LogP contribution in [0.1, 0.15) is 61.1 Å². The van der Waals surface area contributed by atoms with Gasteiger partial charge in [-0.25, -0.2) is 0 Å². The van der Waals surface area contributed by atoms with E-state index in [1.54, 1.807) is 0 Å². The van der Waals surface area contributed by atoms with Crippen LogP contribution in [-0.4, -0.2) is 47.6 Å². The Morgan fingerprint density at radius 2 is 1.70 bits per heavy atom. The second-order valence-corrected chi connectivity index (χ2v) is 9.98. The van der Waals surface area contributed by atoms with Gasteiger partial charge >= 0.3 is 6.18 Å². The zero-order chi connectivity index (χ0) is 26.6. The number of halogens is 3. The summed E-state index contributed by atoms with van der Waals surface area (Å²) in [7, 11) is 0. The number of aryl methyl sites for hydroxylation is 1. The second kappa shape index (κ2) is 11.5. The Kier molecular flexibility index (Phi) is 8.36. The molecule has 4 rings (SSSR count). The van der Waals surface area contributed by atoms with E-state index < -0.39 is 22.4 Å². The highest BCUT2D eigenvalue weighted by molar-refractivity contribution is 5.77. The van der Waals surface area contributed by atoms with Gasteiger partial charge in [-0.3, -0.25) is 14.9 Å². The van der Waals surface area contributed by atoms with E-state index in [0.29, 0.717) is 44.7 Å². The van der Waals surface area contributed by atoms with Crippen LogP contribution in [-0.2, 0) is 15.7 Å². The third kappa shape index (κ3) is 7.00. The number of benzene rings is 2. The fourth-order valence-corrected chi connectivity index (χ4v) is 5.20. The fraction of sp³-hybridized carbons (Fsp3) is 0.519. The Labute approximate surface area is 214 Å². The Hall–Kier alpha value is -3.14. The van der Waals surface area contributed by atoms with Crippen LogP contribution in [0.4, 0.5) is 24.5 Å². The van der Waals surface area contributed by atoms with Crippen molar-refractivity contribution in [3.05, 3.63) is 69.3 Å². The zero-order valence-corrected chi connectivity index (χ0v) is 20.8. The molecule has 0 atom stereocenters. The number of hydrogen-bond donors (Lipinski definition) is 1. The number of anilines is 1. The standard InChI is InChI=1S/C27H32F3N3O4/c1-18-2-4-19(5-3-18)20-12-14-32(15-13-20)26(34)17-37-23-9-6-21(7-10-23)31-22-8-11-25(33(35)36)24(16-22)27(28,29)30/h2-5,8,11,16,20-21,23,31H,6-7,9-10,12-15,17H2,1H3/t21-,23-. The lowest BCUT2D eigenvalue weighted by Crippen LogP contribution is -2.41. The topological polar surface area (TPSA) is 84.7 Å². The molecule has 0 aromatic heterocycles. The lowest BCUT2D eigenvalue weighted by molar-refractivity contribution is -0.388. The number of amides is 1. The summed E-state index contributed by atoms with van der Waals surface area (Å²) in [6, 6.07) is 11.5. The summed E-state index contributed by atoms with van der Waals surface area (Å²) in [5.41, 5.74) is 0.537. The molecule has 2 aliphatic rings. The van der Waals surface area contributed by atoms with Crippen LogP contribution < -0.4 is 5.32 Å². The molecular formula is C27H32F3N3O4. The van der Waals surface area contributed by atoms with Crippen LogP contribution in [0.25, 0.3) is 0 Å². The molecule has 1 saturated carbocycles. The third-order valence-corrected chi connectivity index (χ3v) is 7.38. The predicted molar refractivity (Wildman–Crippen MR) is 133 cm³/mol. The lowest BCUT2D eigenvalue weighted by Gasteiger charge is -2.33. The quantitative estimate of drug-likeness (QED) is 0.355. The van der Waals surface area contributed by atoms with Crippen molar-refractivity contribution >= 4 is 17.3 Å². The molecule has 2 aromatic rings. The molecule has 2 aromatic carbocycles. The first kappa shape index (κ1) is 26.9. The molecule has 2 fully saturated rings. The van der Waals surface area contributed by atoms with Crippen LogP contribution in [0.2, 0.25) is 0 Å². The Morgan fingerprint density at radius 1 is 1.05 bits per heavy atom. The lowest BCUT2D eigenvalue weighted by atomic mass is 9.89. The number of carbonyl (C=O) groups is 1. The molecule has 1 N–H and O–H groups in total. The molecule has 1 saturated heterocycles. The predicted octanol–water partition coefficient (Wildman–Crippen LogP) is 6.07. The zero-order valence-electron chi connectivity index (χ0n) is 20.8. The van der Waals surface area contributed by atoms with E-state index >= 15 is 0 Å². The van der Waals surface area contributed by atoms with Crippen LogP contribution in [0.15, 0.2) is 42.5 Å². The molecular weight excluding hydrogens is 487 g/mol. The third-order valence-electron chi connectivity index (χ3n) is 7.38. The van der Waals surface area contributed by atoms with Gasteiger partial charge in [0.05, 0.1) is 11.0 Å². The number of rotatable bonds is 7. The summed E-state index contributed by atoms with van der Waals surface area (Å²) >= 11 is 0. The highest BCUT2D eigenvalue weighted by atomic mass is 19.4. The van der Waals surface area contributed by atoms with Gasteiger partial charge in [0.1, 0.15) is 12.2 Å². The smallest absolute Gasteiger partial charge is 0.382 e. The molecule has 7 nitrogen and oxygen atoms in total. The summed E-state index contributed by atoms with van der Waals surface area (Å²) in [5.74, 6) is 0.462.